The van der Waals surface area contributed by atoms with Crippen molar-refractivity contribution in [1.82, 2.24) is 44.7 Å². The van der Waals surface area contributed by atoms with Crippen LogP contribution in [-0.4, -0.2) is 86.6 Å². The van der Waals surface area contributed by atoms with E-state index in [1.54, 1.807) is 6.92 Å². The number of esters is 1. The number of nitrogens with one attached hydrogen (secondary N) is 2. The Hall–Kier alpha value is -6.45. The maximum Gasteiger partial charge on any atom is 0.343 e. The summed E-state index contributed by atoms with van der Waals surface area (Å²) in [4.78, 5) is 35.5. The molecule has 0 fully saturated rings. The average Bonchev–Trinajstić information content (AvgIpc) is 3.65. The number of Topliss-reactive ketones (excluding diaryl/α,β-unsaturated/α-hetero) is 1. The van der Waals surface area contributed by atoms with Crippen molar-refractivity contribution in [3.8, 4) is 17.9 Å². The van der Waals surface area contributed by atoms with Crippen molar-refractivity contribution in [2.75, 3.05) is 25.2 Å². The highest BCUT2D eigenvalue weighted by Crippen LogP contribution is 2.32. The van der Waals surface area contributed by atoms with Gasteiger partial charge in [-0.15, -0.1) is 20.5 Å². The predicted molar refractivity (Wildman–Crippen MR) is 145 cm³/mol. The number of methoxy groups -OCH3 is 1. The van der Waals surface area contributed by atoms with Gasteiger partial charge in [-0.3, -0.25) is 9.89 Å². The zero-order valence-corrected chi connectivity index (χ0v) is 22.6. The molecule has 222 valence electrons. The molecule has 0 aliphatic heterocycles. The number of ether oxygens (including phenoxy) is 1. The molecule has 22 heteroatoms. The number of aromatic amines is 1. The number of nitrogens with two attached hydrogens (primary N) is 3. The highest BCUT2D eigenvalue weighted by Gasteiger charge is 2.22. The fourth-order valence-corrected chi connectivity index (χ4v) is 3.41. The summed E-state index contributed by atoms with van der Waals surface area (Å²) in [6.07, 6.45) is 1.86. The first kappa shape index (κ1) is 29.5. The van der Waals surface area contributed by atoms with Crippen LogP contribution in [0.5, 0.6) is 6.01 Å². The van der Waals surface area contributed by atoms with Gasteiger partial charge in [0.25, 0.3) is 11.9 Å². The monoisotopic (exact) mass is 593 g/mol. The number of nitrogen functional groups attached to an aromatic ring is 2. The topological polar surface area (TPSA) is 338 Å². The molecule has 0 spiro atoms. The van der Waals surface area contributed by atoms with Gasteiger partial charge in [-0.2, -0.15) is 39.6 Å². The van der Waals surface area contributed by atoms with Crippen LogP contribution in [0.15, 0.2) is 38.0 Å². The Morgan fingerprint density at radius 3 is 2.16 bits per heavy atom. The van der Waals surface area contributed by atoms with E-state index in [2.05, 4.69) is 60.5 Å². The van der Waals surface area contributed by atoms with Crippen LogP contribution in [0.2, 0.25) is 0 Å². The molecule has 0 aliphatic carbocycles. The number of aliphatic hydroxyl groups is 1. The van der Waals surface area contributed by atoms with Gasteiger partial charge in [0, 0.05) is 6.21 Å². The van der Waals surface area contributed by atoms with Crippen LogP contribution in [0.4, 0.5) is 28.8 Å². The smallest absolute Gasteiger partial charge is 0.343 e. The van der Waals surface area contributed by atoms with Gasteiger partial charge in [0.1, 0.15) is 12.2 Å². The van der Waals surface area contributed by atoms with Crippen molar-refractivity contribution in [1.29, 1.82) is 5.41 Å². The Labute approximate surface area is 239 Å². The van der Waals surface area contributed by atoms with E-state index < -0.39 is 30.2 Å². The molecule has 4 aromatic heterocycles. The van der Waals surface area contributed by atoms with E-state index in [0.29, 0.717) is 6.21 Å². The fraction of sp³-hybridized carbons (Fsp3) is 0.190. The minimum Gasteiger partial charge on any atom is -0.479 e. The van der Waals surface area contributed by atoms with Crippen molar-refractivity contribution >= 4 is 46.8 Å². The average molecular weight is 594 g/mol. The maximum atomic E-state index is 11.9. The first-order valence-electron chi connectivity index (χ1n) is 11.8. The van der Waals surface area contributed by atoms with E-state index in [-0.39, 0.29) is 63.2 Å². The van der Waals surface area contributed by atoms with E-state index in [1.807, 2.05) is 0 Å². The van der Waals surface area contributed by atoms with E-state index in [1.165, 1.54) is 20.2 Å². The van der Waals surface area contributed by atoms with Gasteiger partial charge in [-0.05, 0) is 13.8 Å². The van der Waals surface area contributed by atoms with Crippen molar-refractivity contribution < 1.29 is 24.5 Å². The van der Waals surface area contributed by atoms with Crippen molar-refractivity contribution in [2.45, 2.75) is 13.8 Å². The number of aryl methyl sites for hydroxylation is 2. The van der Waals surface area contributed by atoms with E-state index in [4.69, 9.17) is 27.7 Å². The Balaban J connectivity index is 1.71. The lowest BCUT2D eigenvalue weighted by atomic mass is 10.2. The Morgan fingerprint density at radius 2 is 1.63 bits per heavy atom. The van der Waals surface area contributed by atoms with Crippen LogP contribution >= 0.6 is 0 Å². The molecule has 0 aliphatic rings. The minimum absolute atomic E-state index is 0.00690. The number of aromatic nitrogens is 9. The van der Waals surface area contributed by atoms with Crippen LogP contribution in [0.1, 0.15) is 21.7 Å². The third-order valence-corrected chi connectivity index (χ3v) is 5.50. The molecule has 4 rings (SSSR count). The second-order valence-corrected chi connectivity index (χ2v) is 8.25. The molecule has 4 heterocycles. The van der Waals surface area contributed by atoms with Crippen LogP contribution in [0.3, 0.4) is 0 Å². The summed E-state index contributed by atoms with van der Waals surface area (Å²) in [6, 6.07) is -0.739. The molecule has 43 heavy (non-hydrogen) atoms. The number of carbonyl (C=O) groups is 2. The first-order chi connectivity index (χ1) is 20.5. The molecule has 4 aromatic rings. The van der Waals surface area contributed by atoms with E-state index >= 15 is 0 Å². The number of aliphatic hydroxyl groups excluding tert-OH is 1. The SMILES string of the molecule is COC(=O)c1cn[nH]c1/N=N/c1c(C)nn(-c2nc(O)nc(-n3nc(C)c(/N=N/C(N)=C(/C=N)C(=O)CO)c3N)n2)c1N. The Kier molecular flexibility index (Phi) is 8.22. The van der Waals surface area contributed by atoms with Gasteiger partial charge in [-0.1, -0.05) is 0 Å². The number of ketones is 1. The lowest BCUT2D eigenvalue weighted by molar-refractivity contribution is -0.117. The third-order valence-electron chi connectivity index (χ3n) is 5.50. The molecule has 0 radical (unpaired) electrons. The van der Waals surface area contributed by atoms with Gasteiger partial charge < -0.3 is 37.6 Å². The number of hydrogen-bond acceptors (Lipinski definition) is 19. The third kappa shape index (κ3) is 5.73. The highest BCUT2D eigenvalue weighted by atomic mass is 16.5. The lowest BCUT2D eigenvalue weighted by Crippen LogP contribution is -2.14. The van der Waals surface area contributed by atoms with Crippen LogP contribution < -0.4 is 17.2 Å². The molecular weight excluding hydrogens is 570 g/mol. The Bertz CT molecular complexity index is 1830. The molecule has 0 saturated heterocycles. The largest absolute Gasteiger partial charge is 0.479 e. The number of rotatable bonds is 10. The predicted octanol–water partition coefficient (Wildman–Crippen LogP) is 0.120. The highest BCUT2D eigenvalue weighted by molar-refractivity contribution is 6.13. The molecule has 10 N–H and O–H groups in total. The Morgan fingerprint density at radius 1 is 1.05 bits per heavy atom. The summed E-state index contributed by atoms with van der Waals surface area (Å²) in [5.74, 6) is -2.67. The maximum absolute atomic E-state index is 11.9. The molecule has 0 unspecified atom stereocenters. The van der Waals surface area contributed by atoms with Crippen molar-refractivity contribution in [2.24, 2.45) is 26.2 Å². The minimum atomic E-state index is -0.879. The van der Waals surface area contributed by atoms with Crippen LogP contribution in [0, 0.1) is 19.3 Å². The van der Waals surface area contributed by atoms with E-state index in [0.717, 1.165) is 9.36 Å². The summed E-state index contributed by atoms with van der Waals surface area (Å²) >= 11 is 0. The number of anilines is 2. The molecule has 0 atom stereocenters. The molecule has 0 saturated carbocycles. The molecule has 0 bridgehead atoms. The second kappa shape index (κ2) is 12.0. The van der Waals surface area contributed by atoms with Crippen molar-refractivity contribution in [3.63, 3.8) is 0 Å². The number of azo groups is 2. The summed E-state index contributed by atoms with van der Waals surface area (Å²) in [5.41, 5.74) is 18.4. The summed E-state index contributed by atoms with van der Waals surface area (Å²) < 4.78 is 6.74. The van der Waals surface area contributed by atoms with Crippen LogP contribution in [-0.2, 0) is 9.53 Å². The quantitative estimate of drug-likeness (QED) is 0.0555. The lowest BCUT2D eigenvalue weighted by Gasteiger charge is -2.06. The normalized spacial score (nSPS) is 12.2. The number of aromatic hydroxyl groups is 1. The van der Waals surface area contributed by atoms with Gasteiger partial charge in [0.15, 0.2) is 40.4 Å². The summed E-state index contributed by atoms with van der Waals surface area (Å²) in [6.45, 7) is 2.22. The number of hydrogen-bond donors (Lipinski definition) is 7. The number of nitrogens with zero attached hydrogens (tertiary/aromatic N) is 12. The molecule has 0 amide bonds. The van der Waals surface area contributed by atoms with Gasteiger partial charge in [-0.25, -0.2) is 4.79 Å². The van der Waals surface area contributed by atoms with Crippen LogP contribution in [0.25, 0.3) is 11.9 Å². The standard InChI is InChI=1S/C21H23N17O5/c1-7-12(30-32-14(23)9(4-22)11(40)6-39)15(24)37(35-7)19-27-20(29-21(42)28-19)38-16(25)13(8(2)36-38)31-34-17-10(5-26-33-17)18(41)43-3/h4-5,22,39H,6,23-25H2,1-3H3,(H,26,33)(H,27,28,29,42)/b14-9-,22-4?,32-30+,34-31+. The number of H-pyrrole nitrogens is 1. The molecule has 0 aromatic carbocycles. The number of carbonyl (C=O) groups excluding carboxylic acids is 2. The zero-order chi connectivity index (χ0) is 31.4. The summed E-state index contributed by atoms with van der Waals surface area (Å²) in [7, 11) is 1.20. The zero-order valence-electron chi connectivity index (χ0n) is 22.6. The first-order valence-corrected chi connectivity index (χ1v) is 11.8. The second-order valence-electron chi connectivity index (χ2n) is 8.25. The van der Waals surface area contributed by atoms with E-state index in [9.17, 15) is 14.7 Å². The fourth-order valence-electron chi connectivity index (χ4n) is 3.41. The van der Waals surface area contributed by atoms with Crippen molar-refractivity contribution in [3.05, 3.63) is 34.5 Å². The van der Waals surface area contributed by atoms with Gasteiger partial charge in [0.2, 0.25) is 0 Å². The summed E-state index contributed by atoms with van der Waals surface area (Å²) in [5, 5.41) is 56.9. The molecule has 22 nitrogen and oxygen atoms in total. The van der Waals surface area contributed by atoms with Gasteiger partial charge >= 0.3 is 12.0 Å². The molecular formula is C21H23N17O5. The van der Waals surface area contributed by atoms with Gasteiger partial charge in [0.05, 0.1) is 30.3 Å².